The van der Waals surface area contributed by atoms with Gasteiger partial charge in [-0.2, -0.15) is 0 Å². The van der Waals surface area contributed by atoms with Gasteiger partial charge in [0.1, 0.15) is 0 Å². The van der Waals surface area contributed by atoms with Crippen molar-refractivity contribution in [1.82, 2.24) is 0 Å². The molecule has 1 nitrogen and oxygen atoms in total. The van der Waals surface area contributed by atoms with Crippen LogP contribution in [0, 0.1) is 0 Å². The van der Waals surface area contributed by atoms with E-state index in [0.717, 1.165) is 32.1 Å². The van der Waals surface area contributed by atoms with Crippen LogP contribution in [0.3, 0.4) is 0 Å². The van der Waals surface area contributed by atoms with Gasteiger partial charge in [-0.15, -0.1) is 0 Å². The molecule has 2 heteroatoms. The van der Waals surface area contributed by atoms with Gasteiger partial charge in [-0.05, 0) is 12.8 Å². The molecule has 0 heterocycles. The van der Waals surface area contributed by atoms with E-state index in [0.29, 0.717) is 6.42 Å². The number of hydrogen-bond donors (Lipinski definition) is 0. The smallest absolute Gasteiger partial charge is 0.0886 e. The summed E-state index contributed by atoms with van der Waals surface area (Å²) in [7, 11) is 0. The Bertz CT molecular complexity index is 300. The van der Waals surface area contributed by atoms with Crippen LogP contribution in [0.5, 0.6) is 0 Å². The van der Waals surface area contributed by atoms with E-state index in [1.807, 2.05) is 0 Å². The Kier molecular flexibility index (Phi) is 4.49. The predicted molar refractivity (Wildman–Crippen MR) is 65.5 cm³/mol. The van der Waals surface area contributed by atoms with Crippen molar-refractivity contribution in [3.8, 4) is 0 Å². The molecule has 0 unspecified atom stereocenters. The zero-order chi connectivity index (χ0) is 18.4. The Morgan fingerprint density at radius 1 is 0.800 bits per heavy atom. The highest BCUT2D eigenvalue weighted by molar-refractivity contribution is 4.45. The zero-order valence-electron chi connectivity index (χ0n) is 18.7. The first-order valence-electron chi connectivity index (χ1n) is 10.2. The number of unbranched alkanes of at least 4 members (excludes halogenated alkanes) is 7. The number of quaternary nitrogens is 1. The summed E-state index contributed by atoms with van der Waals surface area (Å²) in [4.78, 5) is 0. The molecule has 0 aromatic heterocycles. The molecule has 0 atom stereocenters. The molecule has 0 rings (SSSR count). The van der Waals surface area contributed by atoms with E-state index in [1.54, 1.807) is 0 Å². The average molecular weight is 245 g/mol. The van der Waals surface area contributed by atoms with Crippen molar-refractivity contribution < 1.29 is 29.2 Å². The van der Waals surface area contributed by atoms with Gasteiger partial charge >= 0.3 is 0 Å². The van der Waals surface area contributed by atoms with Crippen molar-refractivity contribution in [2.24, 2.45) is 0 Å². The van der Waals surface area contributed by atoms with E-state index < -0.39 is 32.0 Å². The first kappa shape index (κ1) is 6.26. The molecule has 0 saturated carbocycles. The maximum atomic E-state index is 7.53. The summed E-state index contributed by atoms with van der Waals surface area (Å²) in [6.07, 6.45) is 7.42. The standard InChI is InChI=1S/C13H30N.ClH/c1-5-6-7-8-9-10-11-12-13-14(2,3)4;/h5-13H2,1-4H3;1H/q+1;/p-1/i2D3,3D3,4D3;. The van der Waals surface area contributed by atoms with Crippen LogP contribution in [0.15, 0.2) is 0 Å². The fourth-order valence-corrected chi connectivity index (χ4v) is 1.48. The predicted octanol–water partition coefficient (Wildman–Crippen LogP) is 0.837. The molecule has 0 amide bonds. The maximum Gasteiger partial charge on any atom is 0.0886 e. The Morgan fingerprint density at radius 2 is 1.27 bits per heavy atom. The summed E-state index contributed by atoms with van der Waals surface area (Å²) in [6.45, 7) is -7.60. The minimum absolute atomic E-state index is 0. The van der Waals surface area contributed by atoms with Crippen LogP contribution in [0.4, 0.5) is 0 Å². The van der Waals surface area contributed by atoms with Crippen LogP contribution in [0.2, 0.25) is 0 Å². The summed E-state index contributed by atoms with van der Waals surface area (Å²) in [5.41, 5.74) is 0. The summed E-state index contributed by atoms with van der Waals surface area (Å²) in [6, 6.07) is 0. The average Bonchev–Trinajstić information content (AvgIpc) is 2.32. The SMILES string of the molecule is [2H]C([2H])([2H])[N+](CCCCCCCCCC)(C([2H])([2H])[2H])C([2H])([2H])[2H].[Cl-]. The molecule has 0 aliphatic carbocycles. The van der Waals surface area contributed by atoms with Crippen LogP contribution in [0.1, 0.15) is 70.6 Å². The molecular formula is C13H30ClN. The molecule has 0 saturated heterocycles. The van der Waals surface area contributed by atoms with E-state index in [-0.39, 0.29) is 18.8 Å². The van der Waals surface area contributed by atoms with Gasteiger partial charge in [-0.1, -0.05) is 45.4 Å². The molecule has 0 aliphatic heterocycles. The van der Waals surface area contributed by atoms with Gasteiger partial charge in [0.25, 0.3) is 0 Å². The van der Waals surface area contributed by atoms with E-state index in [4.69, 9.17) is 12.3 Å². The number of rotatable bonds is 9. The molecule has 0 aliphatic rings. The highest BCUT2D eigenvalue weighted by Crippen LogP contribution is 2.09. The normalized spacial score (nSPS) is 22.6. The maximum absolute atomic E-state index is 7.53. The van der Waals surface area contributed by atoms with Crippen molar-refractivity contribution in [3.63, 3.8) is 0 Å². The van der Waals surface area contributed by atoms with Gasteiger partial charge in [0.2, 0.25) is 0 Å². The Labute approximate surface area is 116 Å². The molecular weight excluding hydrogens is 206 g/mol. The second-order valence-electron chi connectivity index (χ2n) is 4.01. The van der Waals surface area contributed by atoms with Crippen molar-refractivity contribution in [2.75, 3.05) is 27.5 Å². The van der Waals surface area contributed by atoms with Gasteiger partial charge < -0.3 is 16.9 Å². The second-order valence-corrected chi connectivity index (χ2v) is 4.01. The van der Waals surface area contributed by atoms with Crippen molar-refractivity contribution in [3.05, 3.63) is 0 Å². The Balaban J connectivity index is 0. The third kappa shape index (κ3) is 16.9. The molecule has 15 heavy (non-hydrogen) atoms. The van der Waals surface area contributed by atoms with Gasteiger partial charge in [0.05, 0.1) is 39.8 Å². The van der Waals surface area contributed by atoms with Crippen LogP contribution >= 0.6 is 0 Å². The Hall–Kier alpha value is 0.250. The third-order valence-corrected chi connectivity index (χ3v) is 2.35. The molecule has 0 N–H and O–H groups in total. The monoisotopic (exact) mass is 244 g/mol. The lowest BCUT2D eigenvalue weighted by atomic mass is 10.1. The zero-order valence-corrected chi connectivity index (χ0v) is 10.4. The topological polar surface area (TPSA) is 0 Å². The van der Waals surface area contributed by atoms with Gasteiger partial charge in [0.15, 0.2) is 0 Å². The van der Waals surface area contributed by atoms with Crippen molar-refractivity contribution >= 4 is 0 Å². The summed E-state index contributed by atoms with van der Waals surface area (Å²) >= 11 is 0. The third-order valence-electron chi connectivity index (χ3n) is 2.35. The minimum Gasteiger partial charge on any atom is -1.00 e. The molecule has 94 valence electrons. The second kappa shape index (κ2) is 10.8. The molecule has 0 bridgehead atoms. The lowest BCUT2D eigenvalue weighted by Gasteiger charge is -2.23. The van der Waals surface area contributed by atoms with Gasteiger partial charge in [-0.25, -0.2) is 0 Å². The van der Waals surface area contributed by atoms with Gasteiger partial charge in [-0.3, -0.25) is 0 Å². The van der Waals surface area contributed by atoms with E-state index >= 15 is 0 Å². The first-order valence-corrected chi connectivity index (χ1v) is 5.69. The van der Waals surface area contributed by atoms with Crippen LogP contribution < -0.4 is 12.4 Å². The summed E-state index contributed by atoms with van der Waals surface area (Å²) in [5, 5.41) is 0. The van der Waals surface area contributed by atoms with Gasteiger partial charge in [0, 0.05) is 0 Å². The fourth-order valence-electron chi connectivity index (χ4n) is 1.48. The van der Waals surface area contributed by atoms with E-state index in [1.165, 1.54) is 6.42 Å². The highest BCUT2D eigenvalue weighted by atomic mass is 35.5. The lowest BCUT2D eigenvalue weighted by molar-refractivity contribution is -0.870. The molecule has 0 aromatic rings. The lowest BCUT2D eigenvalue weighted by Crippen LogP contribution is -3.00. The van der Waals surface area contributed by atoms with Crippen LogP contribution in [0.25, 0.3) is 0 Å². The molecule has 0 aromatic carbocycles. The summed E-state index contributed by atoms with van der Waals surface area (Å²) in [5.74, 6) is 0. The number of hydrogen-bond acceptors (Lipinski definition) is 0. The largest absolute Gasteiger partial charge is 1.00 e. The molecule has 0 spiro atoms. The van der Waals surface area contributed by atoms with Crippen LogP contribution in [-0.2, 0) is 0 Å². The van der Waals surface area contributed by atoms with Crippen molar-refractivity contribution in [2.45, 2.75) is 58.3 Å². The molecule has 0 radical (unpaired) electrons. The van der Waals surface area contributed by atoms with Crippen LogP contribution in [-0.4, -0.2) is 32.0 Å². The fraction of sp³-hybridized carbons (Fsp3) is 1.00. The Morgan fingerprint density at radius 3 is 1.73 bits per heavy atom. The minimum atomic E-state index is -3.11. The highest BCUT2D eigenvalue weighted by Gasteiger charge is 2.04. The van der Waals surface area contributed by atoms with E-state index in [9.17, 15) is 0 Å². The van der Waals surface area contributed by atoms with Crippen molar-refractivity contribution in [1.29, 1.82) is 0 Å². The summed E-state index contributed by atoms with van der Waals surface area (Å²) < 4.78 is 65.9. The number of halogens is 1. The first-order chi connectivity index (χ1) is 10.3. The van der Waals surface area contributed by atoms with E-state index in [2.05, 4.69) is 6.92 Å². The molecule has 0 fully saturated rings. The quantitative estimate of drug-likeness (QED) is 0.417. The number of nitrogens with zero attached hydrogens (tertiary/aromatic N) is 1.